The molecule has 0 unspecified atom stereocenters. The number of fused-ring (bicyclic) bond motifs is 1. The Bertz CT molecular complexity index is 606. The lowest BCUT2D eigenvalue weighted by Gasteiger charge is -2.01. The summed E-state index contributed by atoms with van der Waals surface area (Å²) in [7, 11) is 0. The van der Waals surface area contributed by atoms with Crippen molar-refractivity contribution < 1.29 is 4.52 Å². The van der Waals surface area contributed by atoms with Gasteiger partial charge in [0.15, 0.2) is 0 Å². The van der Waals surface area contributed by atoms with E-state index in [1.54, 1.807) is 6.92 Å². The second kappa shape index (κ2) is 3.35. The Hall–Kier alpha value is -1.89. The fourth-order valence-corrected chi connectivity index (χ4v) is 1.45. The van der Waals surface area contributed by atoms with Crippen LogP contribution >= 0.6 is 0 Å². The average Bonchev–Trinajstić information content (AvgIpc) is 2.55. The Morgan fingerprint density at radius 1 is 1.53 bits per heavy atom. The van der Waals surface area contributed by atoms with Crippen molar-refractivity contribution in [2.75, 3.05) is 6.54 Å². The maximum atomic E-state index is 11.4. The summed E-state index contributed by atoms with van der Waals surface area (Å²) in [5.74, 6) is 0. The number of aryl methyl sites for hydroxylation is 1. The van der Waals surface area contributed by atoms with E-state index in [1.165, 1.54) is 4.57 Å². The molecule has 2 aromatic heterocycles. The topological polar surface area (TPSA) is 107 Å². The molecule has 2 heterocycles. The van der Waals surface area contributed by atoms with Gasteiger partial charge in [-0.1, -0.05) is 5.16 Å². The maximum Gasteiger partial charge on any atom is 0.331 e. The SMILES string of the molecule is Cc1noc2c1c(=O)[nH]c(=O)n2CCN. The Balaban J connectivity index is 2.91. The molecule has 0 spiro atoms. The van der Waals surface area contributed by atoms with E-state index in [-0.39, 0.29) is 18.8 Å². The molecule has 0 radical (unpaired) electrons. The van der Waals surface area contributed by atoms with Crippen LogP contribution in [0.25, 0.3) is 11.1 Å². The normalized spacial score (nSPS) is 11.1. The third-order valence-corrected chi connectivity index (χ3v) is 2.14. The van der Waals surface area contributed by atoms with Crippen LogP contribution in [0.4, 0.5) is 0 Å². The molecule has 0 aliphatic heterocycles. The summed E-state index contributed by atoms with van der Waals surface area (Å²) < 4.78 is 6.19. The van der Waals surface area contributed by atoms with Crippen LogP contribution in [0.3, 0.4) is 0 Å². The Labute approximate surface area is 83.5 Å². The van der Waals surface area contributed by atoms with Crippen molar-refractivity contribution in [3.8, 4) is 0 Å². The van der Waals surface area contributed by atoms with Crippen LogP contribution in [0.15, 0.2) is 14.1 Å². The van der Waals surface area contributed by atoms with E-state index in [1.807, 2.05) is 0 Å². The van der Waals surface area contributed by atoms with Crippen molar-refractivity contribution in [2.45, 2.75) is 13.5 Å². The standard InChI is InChI=1S/C8H10N4O3/c1-4-5-6(13)10-8(14)12(3-2-9)7(5)15-11-4/h2-3,9H2,1H3,(H,10,13,14). The number of aromatic nitrogens is 3. The first-order valence-corrected chi connectivity index (χ1v) is 4.44. The summed E-state index contributed by atoms with van der Waals surface area (Å²) in [6.07, 6.45) is 0. The number of nitrogens with zero attached hydrogens (tertiary/aromatic N) is 2. The molecule has 0 bridgehead atoms. The molecule has 2 aromatic rings. The van der Waals surface area contributed by atoms with Crippen LogP contribution in [-0.2, 0) is 6.54 Å². The van der Waals surface area contributed by atoms with Gasteiger partial charge in [-0.2, -0.15) is 0 Å². The van der Waals surface area contributed by atoms with Gasteiger partial charge in [0.05, 0.1) is 5.69 Å². The molecular formula is C8H10N4O3. The maximum absolute atomic E-state index is 11.4. The molecule has 0 aliphatic rings. The number of hydrogen-bond donors (Lipinski definition) is 2. The lowest BCUT2D eigenvalue weighted by Crippen LogP contribution is -2.31. The molecule has 7 heteroatoms. The molecule has 0 aromatic carbocycles. The van der Waals surface area contributed by atoms with Gasteiger partial charge in [-0.25, -0.2) is 4.79 Å². The third kappa shape index (κ3) is 1.37. The van der Waals surface area contributed by atoms with E-state index in [0.717, 1.165) is 0 Å². The van der Waals surface area contributed by atoms with Gasteiger partial charge >= 0.3 is 5.69 Å². The van der Waals surface area contributed by atoms with Crippen LogP contribution in [0.2, 0.25) is 0 Å². The average molecular weight is 210 g/mol. The zero-order chi connectivity index (χ0) is 11.0. The summed E-state index contributed by atoms with van der Waals surface area (Å²) in [6, 6.07) is 0. The minimum atomic E-state index is -0.533. The molecule has 0 saturated heterocycles. The summed E-state index contributed by atoms with van der Waals surface area (Å²) in [4.78, 5) is 25.0. The van der Waals surface area contributed by atoms with Crippen molar-refractivity contribution in [1.29, 1.82) is 0 Å². The second-order valence-corrected chi connectivity index (χ2v) is 3.15. The number of nitrogens with two attached hydrogens (primary N) is 1. The quantitative estimate of drug-likeness (QED) is 0.657. The van der Waals surface area contributed by atoms with E-state index < -0.39 is 11.2 Å². The van der Waals surface area contributed by atoms with E-state index in [2.05, 4.69) is 10.1 Å². The number of hydrogen-bond acceptors (Lipinski definition) is 5. The second-order valence-electron chi connectivity index (χ2n) is 3.15. The van der Waals surface area contributed by atoms with Crippen LogP contribution in [0.1, 0.15) is 5.69 Å². The van der Waals surface area contributed by atoms with Gasteiger partial charge in [0.1, 0.15) is 5.39 Å². The molecule has 3 N–H and O–H groups in total. The summed E-state index contributed by atoms with van der Waals surface area (Å²) in [6.45, 7) is 2.19. The van der Waals surface area contributed by atoms with Crippen molar-refractivity contribution in [2.24, 2.45) is 5.73 Å². The highest BCUT2D eigenvalue weighted by Gasteiger charge is 2.14. The predicted octanol–water partition coefficient (Wildman–Crippen LogP) is -1.06. The molecule has 0 atom stereocenters. The Morgan fingerprint density at radius 3 is 2.93 bits per heavy atom. The van der Waals surface area contributed by atoms with Crippen LogP contribution < -0.4 is 17.0 Å². The van der Waals surface area contributed by atoms with E-state index in [0.29, 0.717) is 11.1 Å². The lowest BCUT2D eigenvalue weighted by molar-refractivity contribution is 0.424. The number of aromatic amines is 1. The minimum Gasteiger partial charge on any atom is -0.337 e. The monoisotopic (exact) mass is 210 g/mol. The number of H-pyrrole nitrogens is 1. The van der Waals surface area contributed by atoms with Crippen LogP contribution in [0.5, 0.6) is 0 Å². The highest BCUT2D eigenvalue weighted by molar-refractivity contribution is 5.74. The molecule has 7 nitrogen and oxygen atoms in total. The van der Waals surface area contributed by atoms with Gasteiger partial charge in [0, 0.05) is 13.1 Å². The van der Waals surface area contributed by atoms with E-state index >= 15 is 0 Å². The highest BCUT2D eigenvalue weighted by Crippen LogP contribution is 2.10. The zero-order valence-electron chi connectivity index (χ0n) is 8.11. The predicted molar refractivity (Wildman–Crippen MR) is 52.7 cm³/mol. The first kappa shape index (κ1) is 9.66. The van der Waals surface area contributed by atoms with Crippen molar-refractivity contribution >= 4 is 11.1 Å². The molecule has 15 heavy (non-hydrogen) atoms. The first-order chi connectivity index (χ1) is 7.15. The number of nitrogens with one attached hydrogen (secondary N) is 1. The van der Waals surface area contributed by atoms with Crippen LogP contribution in [0, 0.1) is 6.92 Å². The summed E-state index contributed by atoms with van der Waals surface area (Å²) in [5, 5.41) is 3.94. The molecule has 0 fully saturated rings. The highest BCUT2D eigenvalue weighted by atomic mass is 16.5. The largest absolute Gasteiger partial charge is 0.337 e. The van der Waals surface area contributed by atoms with Gasteiger partial charge in [0.2, 0.25) is 5.71 Å². The fourth-order valence-electron chi connectivity index (χ4n) is 1.45. The summed E-state index contributed by atoms with van der Waals surface area (Å²) in [5.41, 5.74) is 4.96. The lowest BCUT2D eigenvalue weighted by atomic mass is 10.3. The molecule has 0 saturated carbocycles. The first-order valence-electron chi connectivity index (χ1n) is 4.44. The molecule has 0 amide bonds. The molecule has 0 aliphatic carbocycles. The Kier molecular flexibility index (Phi) is 2.16. The fraction of sp³-hybridized carbons (Fsp3) is 0.375. The zero-order valence-corrected chi connectivity index (χ0v) is 8.11. The van der Waals surface area contributed by atoms with Crippen molar-refractivity contribution in [3.05, 3.63) is 26.5 Å². The van der Waals surface area contributed by atoms with Crippen molar-refractivity contribution in [1.82, 2.24) is 14.7 Å². The number of rotatable bonds is 2. The Morgan fingerprint density at radius 2 is 2.27 bits per heavy atom. The summed E-state index contributed by atoms with van der Waals surface area (Å²) >= 11 is 0. The van der Waals surface area contributed by atoms with Gasteiger partial charge in [-0.05, 0) is 6.92 Å². The molecular weight excluding hydrogens is 200 g/mol. The van der Waals surface area contributed by atoms with E-state index in [9.17, 15) is 9.59 Å². The van der Waals surface area contributed by atoms with Crippen LogP contribution in [-0.4, -0.2) is 21.3 Å². The molecule has 2 rings (SSSR count). The van der Waals surface area contributed by atoms with Gasteiger partial charge < -0.3 is 10.3 Å². The van der Waals surface area contributed by atoms with Gasteiger partial charge in [-0.3, -0.25) is 14.3 Å². The van der Waals surface area contributed by atoms with E-state index in [4.69, 9.17) is 10.3 Å². The molecule has 80 valence electrons. The smallest absolute Gasteiger partial charge is 0.331 e. The third-order valence-electron chi connectivity index (χ3n) is 2.14. The van der Waals surface area contributed by atoms with Gasteiger partial charge in [0.25, 0.3) is 5.56 Å². The van der Waals surface area contributed by atoms with Gasteiger partial charge in [-0.15, -0.1) is 0 Å². The minimum absolute atomic E-state index is 0.173. The van der Waals surface area contributed by atoms with Crippen molar-refractivity contribution in [3.63, 3.8) is 0 Å².